The van der Waals surface area contributed by atoms with Crippen LogP contribution in [0.1, 0.15) is 56.5 Å². The van der Waals surface area contributed by atoms with Gasteiger partial charge in [-0.25, -0.2) is 0 Å². The first-order valence-electron chi connectivity index (χ1n) is 9.48. The first-order valence-corrected chi connectivity index (χ1v) is 9.48. The van der Waals surface area contributed by atoms with Gasteiger partial charge in [-0.05, 0) is 39.3 Å². The minimum Gasteiger partial charge on any atom is -0.496 e. The average molecular weight is 354 g/mol. The molecule has 3 aliphatic rings. The molecule has 5 rings (SSSR count). The zero-order chi connectivity index (χ0) is 18.5. The van der Waals surface area contributed by atoms with Crippen LogP contribution in [-0.4, -0.2) is 26.1 Å². The van der Waals surface area contributed by atoms with Gasteiger partial charge in [0.05, 0.1) is 18.1 Å². The predicted octanol–water partition coefficient (Wildman–Crippen LogP) is 3.83. The van der Waals surface area contributed by atoms with Crippen molar-refractivity contribution in [2.24, 2.45) is 5.41 Å². The van der Waals surface area contributed by atoms with Crippen LogP contribution in [0.3, 0.4) is 0 Å². The fourth-order valence-electron chi connectivity index (χ4n) is 5.21. The lowest BCUT2D eigenvalue weighted by molar-refractivity contribution is -0.755. The maximum atomic E-state index is 6.47. The molecular weight excluding hydrogens is 326 g/mol. The minimum atomic E-state index is -0.706. The van der Waals surface area contributed by atoms with Crippen LogP contribution in [0.2, 0.25) is 0 Å². The van der Waals surface area contributed by atoms with Crippen LogP contribution in [0.5, 0.6) is 5.75 Å². The number of ether oxygens (including phenoxy) is 3. The molecule has 3 heterocycles. The fraction of sp³-hybridized carbons (Fsp3) is 0.500. The largest absolute Gasteiger partial charge is 0.496 e. The van der Waals surface area contributed by atoms with Crippen LogP contribution in [-0.2, 0) is 9.47 Å². The summed E-state index contributed by atoms with van der Waals surface area (Å²) in [4.78, 5) is 0. The van der Waals surface area contributed by atoms with Crippen LogP contribution in [0.4, 0.5) is 0 Å². The standard InChI is InChI=1S/C22H28NO3/c1-6-25-22(26-7-2)19-15-11-10-13-17(24-5)18(15)20(21(22,3)4)23-14-9-8-12-16(19)23/h8-14,19-20H,6-7H2,1-5H3/q+1. The van der Waals surface area contributed by atoms with E-state index in [1.165, 1.54) is 16.8 Å². The molecule has 2 aliphatic heterocycles. The van der Waals surface area contributed by atoms with Crippen molar-refractivity contribution in [2.75, 3.05) is 20.3 Å². The molecule has 0 spiro atoms. The molecule has 0 radical (unpaired) electrons. The average Bonchev–Trinajstić information content (AvgIpc) is 2.64. The molecule has 1 aromatic carbocycles. The summed E-state index contributed by atoms with van der Waals surface area (Å²) in [6.45, 7) is 9.83. The van der Waals surface area contributed by atoms with Gasteiger partial charge in [0, 0.05) is 25.3 Å². The Morgan fingerprint density at radius 3 is 2.38 bits per heavy atom. The van der Waals surface area contributed by atoms with Crippen molar-refractivity contribution in [1.82, 2.24) is 0 Å². The van der Waals surface area contributed by atoms with Crippen molar-refractivity contribution in [3.05, 3.63) is 59.4 Å². The number of pyridine rings is 1. The first kappa shape index (κ1) is 17.5. The van der Waals surface area contributed by atoms with E-state index < -0.39 is 5.79 Å². The zero-order valence-electron chi connectivity index (χ0n) is 16.3. The van der Waals surface area contributed by atoms with Gasteiger partial charge in [-0.2, -0.15) is 4.57 Å². The van der Waals surface area contributed by atoms with Gasteiger partial charge in [0.1, 0.15) is 11.7 Å². The van der Waals surface area contributed by atoms with Gasteiger partial charge in [0.15, 0.2) is 23.7 Å². The summed E-state index contributed by atoms with van der Waals surface area (Å²) in [5, 5.41) is 0. The predicted molar refractivity (Wildman–Crippen MR) is 99.4 cm³/mol. The molecule has 1 aromatic heterocycles. The number of fused-ring (bicyclic) bond motifs is 1. The highest BCUT2D eigenvalue weighted by atomic mass is 16.7. The highest BCUT2D eigenvalue weighted by molar-refractivity contribution is 5.52. The van der Waals surface area contributed by atoms with Gasteiger partial charge in [-0.3, -0.25) is 0 Å². The fourth-order valence-corrected chi connectivity index (χ4v) is 5.21. The monoisotopic (exact) mass is 354 g/mol. The van der Waals surface area contributed by atoms with Crippen molar-refractivity contribution in [3.8, 4) is 5.75 Å². The first-order chi connectivity index (χ1) is 12.5. The molecule has 4 heteroatoms. The van der Waals surface area contributed by atoms with Crippen molar-refractivity contribution in [3.63, 3.8) is 0 Å². The molecule has 1 aliphatic carbocycles. The van der Waals surface area contributed by atoms with E-state index in [1.807, 2.05) is 13.8 Å². The molecule has 0 fully saturated rings. The number of methoxy groups -OCH3 is 1. The van der Waals surface area contributed by atoms with Crippen LogP contribution >= 0.6 is 0 Å². The number of benzene rings is 1. The number of rotatable bonds is 5. The Morgan fingerprint density at radius 1 is 1.00 bits per heavy atom. The third-order valence-electron chi connectivity index (χ3n) is 6.08. The Morgan fingerprint density at radius 2 is 1.73 bits per heavy atom. The number of nitrogens with zero attached hydrogens (tertiary/aromatic N) is 1. The Kier molecular flexibility index (Phi) is 4.08. The molecule has 2 bridgehead atoms. The van der Waals surface area contributed by atoms with Crippen molar-refractivity contribution >= 4 is 0 Å². The minimum absolute atomic E-state index is 0.00583. The van der Waals surface area contributed by atoms with E-state index in [1.54, 1.807) is 7.11 Å². The topological polar surface area (TPSA) is 31.6 Å². The molecule has 2 atom stereocenters. The van der Waals surface area contributed by atoms with E-state index in [9.17, 15) is 0 Å². The lowest BCUT2D eigenvalue weighted by Crippen LogP contribution is -2.71. The third-order valence-corrected chi connectivity index (χ3v) is 6.08. The summed E-state index contributed by atoms with van der Waals surface area (Å²) in [6, 6.07) is 12.8. The Hall–Kier alpha value is -1.91. The molecule has 0 saturated carbocycles. The van der Waals surface area contributed by atoms with Crippen LogP contribution in [0.25, 0.3) is 0 Å². The van der Waals surface area contributed by atoms with Crippen molar-refractivity contribution < 1.29 is 18.8 Å². The van der Waals surface area contributed by atoms with Crippen molar-refractivity contribution in [2.45, 2.75) is 45.4 Å². The normalized spacial score (nSPS) is 24.0. The Balaban J connectivity index is 2.09. The molecular formula is C22H28NO3+. The Bertz CT molecular complexity index is 824. The highest BCUT2D eigenvalue weighted by Gasteiger charge is 2.71. The maximum absolute atomic E-state index is 6.47. The summed E-state index contributed by atoms with van der Waals surface area (Å²) in [5.74, 6) is 0.227. The van der Waals surface area contributed by atoms with Gasteiger partial charge in [0.2, 0.25) is 0 Å². The van der Waals surface area contributed by atoms with Gasteiger partial charge in [-0.1, -0.05) is 18.2 Å². The second kappa shape index (κ2) is 6.07. The summed E-state index contributed by atoms with van der Waals surface area (Å²) in [5.41, 5.74) is 3.47. The zero-order valence-corrected chi connectivity index (χ0v) is 16.3. The smallest absolute Gasteiger partial charge is 0.197 e. The summed E-state index contributed by atoms with van der Waals surface area (Å²) in [7, 11) is 1.75. The quantitative estimate of drug-likeness (QED) is 0.604. The number of hydrogen-bond donors (Lipinski definition) is 0. The van der Waals surface area contributed by atoms with Gasteiger partial charge >= 0.3 is 0 Å². The van der Waals surface area contributed by atoms with Crippen LogP contribution in [0.15, 0.2) is 42.6 Å². The van der Waals surface area contributed by atoms with Crippen molar-refractivity contribution in [1.29, 1.82) is 0 Å². The summed E-state index contributed by atoms with van der Waals surface area (Å²) < 4.78 is 21.1. The molecule has 26 heavy (non-hydrogen) atoms. The molecule has 4 nitrogen and oxygen atoms in total. The van der Waals surface area contributed by atoms with Crippen LogP contribution in [0, 0.1) is 5.41 Å². The Labute approximate surface area is 155 Å². The SMILES string of the molecule is CCOC1(OCC)C2c3cccc(OC)c3C([n+]3ccccc32)C1(C)C. The molecule has 2 unspecified atom stereocenters. The third kappa shape index (κ3) is 2.00. The van der Waals surface area contributed by atoms with E-state index in [0.717, 1.165) is 5.75 Å². The molecule has 0 amide bonds. The van der Waals surface area contributed by atoms with E-state index in [0.29, 0.717) is 13.2 Å². The summed E-state index contributed by atoms with van der Waals surface area (Å²) in [6.07, 6.45) is 2.17. The second-order valence-electron chi connectivity index (χ2n) is 7.59. The summed E-state index contributed by atoms with van der Waals surface area (Å²) >= 11 is 0. The number of aromatic nitrogens is 1. The van der Waals surface area contributed by atoms with Crippen LogP contribution < -0.4 is 9.30 Å². The van der Waals surface area contributed by atoms with Gasteiger partial charge < -0.3 is 14.2 Å². The lowest BCUT2D eigenvalue weighted by Gasteiger charge is -2.57. The maximum Gasteiger partial charge on any atom is 0.197 e. The lowest BCUT2D eigenvalue weighted by atomic mass is 9.57. The molecule has 0 saturated heterocycles. The van der Waals surface area contributed by atoms with Gasteiger partial charge in [0.25, 0.3) is 0 Å². The van der Waals surface area contributed by atoms with E-state index in [4.69, 9.17) is 14.2 Å². The van der Waals surface area contributed by atoms with E-state index in [-0.39, 0.29) is 17.4 Å². The molecule has 0 N–H and O–H groups in total. The molecule has 138 valence electrons. The number of hydrogen-bond acceptors (Lipinski definition) is 3. The highest BCUT2D eigenvalue weighted by Crippen LogP contribution is 2.63. The van der Waals surface area contributed by atoms with E-state index >= 15 is 0 Å². The molecule has 2 aromatic rings. The van der Waals surface area contributed by atoms with E-state index in [2.05, 4.69) is 61.0 Å². The van der Waals surface area contributed by atoms with Gasteiger partial charge in [-0.15, -0.1) is 0 Å². The second-order valence-corrected chi connectivity index (χ2v) is 7.59.